The van der Waals surface area contributed by atoms with Gasteiger partial charge in [0.15, 0.2) is 0 Å². The van der Waals surface area contributed by atoms with E-state index < -0.39 is 0 Å². The predicted molar refractivity (Wildman–Crippen MR) is 72.3 cm³/mol. The van der Waals surface area contributed by atoms with Crippen LogP contribution in [0.1, 0.15) is 19.4 Å². The van der Waals surface area contributed by atoms with Crippen molar-refractivity contribution in [2.45, 2.75) is 27.3 Å². The van der Waals surface area contributed by atoms with Gasteiger partial charge < -0.3 is 10.3 Å². The Morgan fingerprint density at radius 1 is 1.33 bits per heavy atom. The Labute approximate surface area is 109 Å². The van der Waals surface area contributed by atoms with Gasteiger partial charge in [0.2, 0.25) is 5.91 Å². The number of carbonyl (C=O) groups is 1. The number of anilines is 1. The van der Waals surface area contributed by atoms with Gasteiger partial charge in [0.25, 0.3) is 0 Å². The van der Waals surface area contributed by atoms with Crippen LogP contribution in [0.2, 0.25) is 5.02 Å². The largest absolute Gasteiger partial charge is 0.327 e. The van der Waals surface area contributed by atoms with Crippen LogP contribution in [0.5, 0.6) is 0 Å². The molecule has 6 heteroatoms. The summed E-state index contributed by atoms with van der Waals surface area (Å²) in [5, 5.41) is 3.18. The van der Waals surface area contributed by atoms with Crippen LogP contribution in [0.3, 0.4) is 0 Å². The first-order valence-corrected chi connectivity index (χ1v) is 6.17. The van der Waals surface area contributed by atoms with E-state index in [1.807, 2.05) is 20.8 Å². The van der Waals surface area contributed by atoms with Crippen LogP contribution in [-0.2, 0) is 11.3 Å². The minimum Gasteiger partial charge on any atom is -0.321 e. The van der Waals surface area contributed by atoms with Gasteiger partial charge in [-0.2, -0.15) is 0 Å². The van der Waals surface area contributed by atoms with E-state index in [0.29, 0.717) is 21.7 Å². The lowest BCUT2D eigenvalue weighted by Gasteiger charge is -2.17. The molecule has 0 aliphatic carbocycles. The fourth-order valence-corrected chi connectivity index (χ4v) is 2.22. The number of halogens is 1. The normalized spacial score (nSPS) is 13.0. The highest BCUT2D eigenvalue weighted by Crippen LogP contribution is 2.34. The zero-order valence-corrected chi connectivity index (χ0v) is 11.2. The highest BCUT2D eigenvalue weighted by atomic mass is 35.5. The van der Waals surface area contributed by atoms with Gasteiger partial charge in [0.05, 0.1) is 21.7 Å². The molecule has 0 atom stereocenters. The number of hydrogen-bond acceptors (Lipinski definition) is 2. The summed E-state index contributed by atoms with van der Waals surface area (Å²) < 4.78 is 1.40. The van der Waals surface area contributed by atoms with Crippen molar-refractivity contribution in [1.82, 2.24) is 9.55 Å². The molecule has 0 saturated heterocycles. The summed E-state index contributed by atoms with van der Waals surface area (Å²) >= 11 is 6.11. The third kappa shape index (κ3) is 1.71. The topological polar surface area (TPSA) is 66.9 Å². The number of hydrogen-bond donors (Lipinski definition) is 2. The third-order valence-electron chi connectivity index (χ3n) is 2.74. The predicted octanol–water partition coefficient (Wildman–Crippen LogP) is 2.27. The number of nitrogens with zero attached hydrogens (tertiary/aromatic N) is 1. The molecule has 1 aliphatic rings. The van der Waals surface area contributed by atoms with E-state index in [9.17, 15) is 9.59 Å². The zero-order valence-electron chi connectivity index (χ0n) is 10.4. The van der Waals surface area contributed by atoms with E-state index >= 15 is 0 Å². The first-order chi connectivity index (χ1) is 8.58. The fraction of sp³-hybridized carbons (Fsp3) is 0.333. The number of aromatic nitrogens is 2. The summed E-state index contributed by atoms with van der Waals surface area (Å²) in [4.78, 5) is 25.7. The number of benzene rings is 1. The van der Waals surface area contributed by atoms with Crippen LogP contribution in [-0.4, -0.2) is 15.5 Å². The van der Waals surface area contributed by atoms with Gasteiger partial charge in [-0.05, 0) is 18.6 Å². The van der Waals surface area contributed by atoms with Crippen molar-refractivity contribution in [1.29, 1.82) is 0 Å². The second kappa shape index (κ2) is 4.49. The number of rotatable bonds is 0. The molecule has 2 heterocycles. The van der Waals surface area contributed by atoms with Crippen molar-refractivity contribution in [2.24, 2.45) is 0 Å². The maximum Gasteiger partial charge on any atom is 0.327 e. The van der Waals surface area contributed by atoms with E-state index in [0.717, 1.165) is 5.56 Å². The zero-order chi connectivity index (χ0) is 13.4. The molecule has 5 nitrogen and oxygen atoms in total. The molecule has 2 aromatic rings. The van der Waals surface area contributed by atoms with Crippen molar-refractivity contribution in [3.05, 3.63) is 27.1 Å². The van der Waals surface area contributed by atoms with Crippen LogP contribution in [0.15, 0.2) is 10.9 Å². The number of amides is 1. The Balaban J connectivity index is 0.000000574. The third-order valence-corrected chi connectivity index (χ3v) is 3.23. The summed E-state index contributed by atoms with van der Waals surface area (Å²) in [6, 6.07) is 1.80. The van der Waals surface area contributed by atoms with Gasteiger partial charge in [-0.3, -0.25) is 9.36 Å². The number of aromatic amines is 1. The van der Waals surface area contributed by atoms with E-state index in [1.54, 1.807) is 6.07 Å². The second-order valence-electron chi connectivity index (χ2n) is 3.84. The maximum atomic E-state index is 11.6. The average molecular weight is 268 g/mol. The average Bonchev–Trinajstić information content (AvgIpc) is 2.66. The number of aryl methyl sites for hydroxylation is 1. The minimum absolute atomic E-state index is 0.0330. The van der Waals surface area contributed by atoms with E-state index in [4.69, 9.17) is 11.6 Å². The van der Waals surface area contributed by atoms with Crippen molar-refractivity contribution < 1.29 is 4.79 Å². The van der Waals surface area contributed by atoms with Gasteiger partial charge in [-0.15, -0.1) is 0 Å². The number of carbonyl (C=O) groups excluding carboxylic acids is 1. The lowest BCUT2D eigenvalue weighted by atomic mass is 10.1. The molecule has 18 heavy (non-hydrogen) atoms. The quantitative estimate of drug-likeness (QED) is 0.769. The molecule has 0 radical (unpaired) electrons. The first-order valence-electron chi connectivity index (χ1n) is 5.79. The van der Waals surface area contributed by atoms with Crippen molar-refractivity contribution in [3.8, 4) is 0 Å². The van der Waals surface area contributed by atoms with E-state index in [2.05, 4.69) is 10.3 Å². The fourth-order valence-electron chi connectivity index (χ4n) is 2.03. The Bertz CT molecular complexity index is 685. The van der Waals surface area contributed by atoms with Gasteiger partial charge >= 0.3 is 5.69 Å². The lowest BCUT2D eigenvalue weighted by Crippen LogP contribution is -2.29. The van der Waals surface area contributed by atoms with Gasteiger partial charge in [0, 0.05) is 0 Å². The highest BCUT2D eigenvalue weighted by Gasteiger charge is 2.23. The smallest absolute Gasteiger partial charge is 0.321 e. The molecule has 1 aliphatic heterocycles. The Morgan fingerprint density at radius 2 is 2.00 bits per heavy atom. The molecule has 0 saturated carbocycles. The molecule has 3 rings (SSSR count). The van der Waals surface area contributed by atoms with Crippen LogP contribution in [0.4, 0.5) is 5.69 Å². The summed E-state index contributed by atoms with van der Waals surface area (Å²) in [6.07, 6.45) is 0. The van der Waals surface area contributed by atoms with Gasteiger partial charge in [-0.1, -0.05) is 25.4 Å². The molecule has 1 aromatic heterocycles. The lowest BCUT2D eigenvalue weighted by molar-refractivity contribution is -0.116. The van der Waals surface area contributed by atoms with Crippen molar-refractivity contribution in [2.75, 3.05) is 5.32 Å². The highest BCUT2D eigenvalue weighted by molar-refractivity contribution is 6.36. The summed E-state index contributed by atoms with van der Waals surface area (Å²) in [5.74, 6) is -0.233. The van der Waals surface area contributed by atoms with Crippen LogP contribution < -0.4 is 11.0 Å². The van der Waals surface area contributed by atoms with Crippen molar-refractivity contribution >= 4 is 34.2 Å². The Morgan fingerprint density at radius 3 is 2.67 bits per heavy atom. The van der Waals surface area contributed by atoms with E-state index in [1.165, 1.54) is 4.57 Å². The van der Waals surface area contributed by atoms with Crippen LogP contribution >= 0.6 is 11.6 Å². The van der Waals surface area contributed by atoms with Crippen LogP contribution in [0.25, 0.3) is 11.0 Å². The van der Waals surface area contributed by atoms with Crippen LogP contribution in [0, 0.1) is 6.92 Å². The SMILES string of the molecule is CC.Cc1cc2[nH]c(=O)n3c2c(c1Cl)NC(=O)C3. The Hall–Kier alpha value is -1.75. The standard InChI is InChI=1S/C10H8ClN3O2.C2H6/c1-4-2-5-9-8(7(4)11)13-6(15)3-14(9)10(16)12-5;1-2/h2H,3H2,1H3,(H,12,16)(H,13,15);1-2H3. The second-order valence-corrected chi connectivity index (χ2v) is 4.22. The maximum absolute atomic E-state index is 11.6. The molecule has 0 fully saturated rings. The van der Waals surface area contributed by atoms with Crippen molar-refractivity contribution in [3.63, 3.8) is 0 Å². The number of nitrogens with one attached hydrogen (secondary N) is 2. The monoisotopic (exact) mass is 267 g/mol. The molecule has 0 spiro atoms. The van der Waals surface area contributed by atoms with Gasteiger partial charge in [-0.25, -0.2) is 4.79 Å². The summed E-state index contributed by atoms with van der Waals surface area (Å²) in [5.41, 5.74) is 2.42. The number of imidazole rings is 1. The Kier molecular flexibility index (Phi) is 3.17. The van der Waals surface area contributed by atoms with E-state index in [-0.39, 0.29) is 18.1 Å². The summed E-state index contributed by atoms with van der Waals surface area (Å²) in [7, 11) is 0. The molecule has 0 unspecified atom stereocenters. The number of H-pyrrole nitrogens is 1. The minimum atomic E-state index is -0.284. The molecule has 1 amide bonds. The molecular formula is C12H14ClN3O2. The molecular weight excluding hydrogens is 254 g/mol. The molecule has 96 valence electrons. The molecule has 1 aromatic carbocycles. The molecule has 0 bridgehead atoms. The molecule has 2 N–H and O–H groups in total. The van der Waals surface area contributed by atoms with Gasteiger partial charge in [0.1, 0.15) is 6.54 Å². The summed E-state index contributed by atoms with van der Waals surface area (Å²) in [6.45, 7) is 5.86. The first kappa shape index (κ1) is 12.7.